The zero-order valence-corrected chi connectivity index (χ0v) is 11.0. The van der Waals surface area contributed by atoms with Crippen LogP contribution in [0.5, 0.6) is 0 Å². The Kier molecular flexibility index (Phi) is 2.77. The van der Waals surface area contributed by atoms with Crippen molar-refractivity contribution >= 4 is 11.6 Å². The summed E-state index contributed by atoms with van der Waals surface area (Å²) in [4.78, 5) is 6.79. The van der Waals surface area contributed by atoms with Gasteiger partial charge in [-0.2, -0.15) is 0 Å². The molecule has 1 aromatic rings. The normalized spacial score (nSPS) is 31.7. The first-order valence-corrected chi connectivity index (χ1v) is 6.86. The molecule has 0 atom stereocenters. The van der Waals surface area contributed by atoms with Gasteiger partial charge in [0.05, 0.1) is 12.1 Å². The third kappa shape index (κ3) is 1.78. The summed E-state index contributed by atoms with van der Waals surface area (Å²) in [5.74, 6) is 1.53. The second-order valence-corrected chi connectivity index (χ2v) is 5.75. The molecular weight excluding hydrogens is 222 g/mol. The number of benzene rings is 1. The molecule has 0 amide bonds. The highest BCUT2D eigenvalue weighted by molar-refractivity contribution is 5.98. The zero-order chi connectivity index (χ0) is 12.6. The van der Waals surface area contributed by atoms with Crippen molar-refractivity contribution < 1.29 is 0 Å². The Morgan fingerprint density at radius 2 is 1.89 bits per heavy atom. The Labute approximate surface area is 109 Å². The average Bonchev–Trinajstić information content (AvgIpc) is 2.72. The van der Waals surface area contributed by atoms with Crippen molar-refractivity contribution in [2.75, 3.05) is 11.4 Å². The summed E-state index contributed by atoms with van der Waals surface area (Å²) in [6.07, 6.45) is 4.97. The van der Waals surface area contributed by atoms with E-state index in [-0.39, 0.29) is 5.54 Å². The molecule has 1 spiro atoms. The van der Waals surface area contributed by atoms with E-state index in [9.17, 15) is 0 Å². The Morgan fingerprint density at radius 3 is 2.56 bits per heavy atom. The smallest absolute Gasteiger partial charge is 0.196 e. The largest absolute Gasteiger partial charge is 0.369 e. The van der Waals surface area contributed by atoms with Crippen LogP contribution in [0, 0.1) is 5.92 Å². The molecule has 96 valence electrons. The van der Waals surface area contributed by atoms with Gasteiger partial charge in [-0.25, -0.2) is 0 Å². The summed E-state index contributed by atoms with van der Waals surface area (Å²) in [7, 11) is 0. The molecule has 1 aliphatic heterocycles. The van der Waals surface area contributed by atoms with Crippen molar-refractivity contribution in [2.24, 2.45) is 16.6 Å². The first kappa shape index (κ1) is 11.6. The Hall–Kier alpha value is -1.51. The van der Waals surface area contributed by atoms with Crippen LogP contribution in [0.1, 0.15) is 32.6 Å². The van der Waals surface area contributed by atoms with Crippen LogP contribution in [-0.2, 0) is 0 Å². The molecule has 0 bridgehead atoms. The van der Waals surface area contributed by atoms with Gasteiger partial charge < -0.3 is 10.6 Å². The van der Waals surface area contributed by atoms with Gasteiger partial charge in [-0.05, 0) is 43.7 Å². The first-order valence-electron chi connectivity index (χ1n) is 6.86. The first-order chi connectivity index (χ1) is 8.71. The van der Waals surface area contributed by atoms with E-state index < -0.39 is 0 Å². The predicted octanol–water partition coefficient (Wildman–Crippen LogP) is 2.77. The van der Waals surface area contributed by atoms with Crippen LogP contribution in [-0.4, -0.2) is 18.0 Å². The van der Waals surface area contributed by atoms with Crippen molar-refractivity contribution in [1.29, 1.82) is 0 Å². The van der Waals surface area contributed by atoms with Crippen LogP contribution >= 0.6 is 0 Å². The number of nitrogens with two attached hydrogens (primary N) is 1. The lowest BCUT2D eigenvalue weighted by atomic mass is 9.76. The maximum Gasteiger partial charge on any atom is 0.196 e. The zero-order valence-electron chi connectivity index (χ0n) is 11.0. The SMILES string of the molecule is CC1CCC2(CC1)CN=C(N)N2c1ccccc1. The molecule has 0 saturated heterocycles. The Balaban J connectivity index is 1.92. The Bertz CT molecular complexity index is 444. The molecule has 1 saturated carbocycles. The number of guanidine groups is 1. The van der Waals surface area contributed by atoms with Crippen LogP contribution in [0.25, 0.3) is 0 Å². The fraction of sp³-hybridized carbons (Fsp3) is 0.533. The highest BCUT2D eigenvalue weighted by Gasteiger charge is 2.44. The highest BCUT2D eigenvalue weighted by Crippen LogP contribution is 2.41. The second-order valence-electron chi connectivity index (χ2n) is 5.75. The van der Waals surface area contributed by atoms with E-state index in [4.69, 9.17) is 5.73 Å². The lowest BCUT2D eigenvalue weighted by molar-refractivity contribution is 0.261. The minimum Gasteiger partial charge on any atom is -0.369 e. The lowest BCUT2D eigenvalue weighted by Gasteiger charge is -2.43. The summed E-state index contributed by atoms with van der Waals surface area (Å²) in [5, 5.41) is 0. The van der Waals surface area contributed by atoms with Crippen molar-refractivity contribution in [3.8, 4) is 0 Å². The molecular formula is C15H21N3. The summed E-state index contributed by atoms with van der Waals surface area (Å²) >= 11 is 0. The van der Waals surface area contributed by atoms with Gasteiger partial charge >= 0.3 is 0 Å². The van der Waals surface area contributed by atoms with Crippen molar-refractivity contribution in [3.63, 3.8) is 0 Å². The molecule has 2 N–H and O–H groups in total. The molecule has 1 aromatic carbocycles. The number of aliphatic imine (C=N–C) groups is 1. The summed E-state index contributed by atoms with van der Waals surface area (Å²) in [5.41, 5.74) is 7.46. The van der Waals surface area contributed by atoms with Crippen molar-refractivity contribution in [2.45, 2.75) is 38.1 Å². The molecule has 0 unspecified atom stereocenters. The van der Waals surface area contributed by atoms with Gasteiger partial charge in [-0.15, -0.1) is 0 Å². The number of hydrogen-bond donors (Lipinski definition) is 1. The topological polar surface area (TPSA) is 41.6 Å². The van der Waals surface area contributed by atoms with Gasteiger partial charge in [0.1, 0.15) is 0 Å². The number of hydrogen-bond acceptors (Lipinski definition) is 3. The summed E-state index contributed by atoms with van der Waals surface area (Å²) in [6.45, 7) is 3.21. The minimum atomic E-state index is 0.151. The molecule has 3 heteroatoms. The van der Waals surface area contributed by atoms with E-state index in [1.807, 2.05) is 6.07 Å². The van der Waals surface area contributed by atoms with Crippen LogP contribution in [0.15, 0.2) is 35.3 Å². The molecule has 0 aromatic heterocycles. The van der Waals surface area contributed by atoms with Gasteiger partial charge in [0.25, 0.3) is 0 Å². The van der Waals surface area contributed by atoms with Crippen LogP contribution in [0.2, 0.25) is 0 Å². The van der Waals surface area contributed by atoms with Gasteiger partial charge in [0.15, 0.2) is 5.96 Å². The van der Waals surface area contributed by atoms with E-state index >= 15 is 0 Å². The predicted molar refractivity (Wildman–Crippen MR) is 75.8 cm³/mol. The lowest BCUT2D eigenvalue weighted by Crippen LogP contribution is -2.53. The molecule has 0 radical (unpaired) electrons. The van der Waals surface area contributed by atoms with Crippen LogP contribution in [0.4, 0.5) is 5.69 Å². The van der Waals surface area contributed by atoms with Gasteiger partial charge in [0, 0.05) is 5.69 Å². The maximum absolute atomic E-state index is 6.13. The van der Waals surface area contributed by atoms with Crippen molar-refractivity contribution in [3.05, 3.63) is 30.3 Å². The van der Waals surface area contributed by atoms with E-state index in [2.05, 4.69) is 41.1 Å². The van der Waals surface area contributed by atoms with Gasteiger partial charge in [-0.1, -0.05) is 25.1 Å². The van der Waals surface area contributed by atoms with Crippen LogP contribution < -0.4 is 10.6 Å². The van der Waals surface area contributed by atoms with Crippen LogP contribution in [0.3, 0.4) is 0 Å². The minimum absolute atomic E-state index is 0.151. The summed E-state index contributed by atoms with van der Waals surface area (Å²) in [6, 6.07) is 10.4. The number of anilines is 1. The van der Waals surface area contributed by atoms with E-state index in [0.29, 0.717) is 5.96 Å². The standard InChI is InChI=1S/C15H21N3/c1-12-7-9-15(10-8-12)11-17-14(16)18(15)13-5-3-2-4-6-13/h2-6,12H,7-11H2,1H3,(H2,16,17). The number of para-hydroxylation sites is 1. The van der Waals surface area contributed by atoms with Gasteiger partial charge in [-0.3, -0.25) is 4.99 Å². The summed E-state index contributed by atoms with van der Waals surface area (Å²) < 4.78 is 0. The third-order valence-corrected chi connectivity index (χ3v) is 4.46. The highest BCUT2D eigenvalue weighted by atomic mass is 15.4. The fourth-order valence-electron chi connectivity index (χ4n) is 3.28. The maximum atomic E-state index is 6.13. The molecule has 18 heavy (non-hydrogen) atoms. The molecule has 2 aliphatic rings. The van der Waals surface area contributed by atoms with E-state index in [0.717, 1.165) is 12.5 Å². The van der Waals surface area contributed by atoms with E-state index in [1.165, 1.54) is 31.4 Å². The quantitative estimate of drug-likeness (QED) is 0.824. The third-order valence-electron chi connectivity index (χ3n) is 4.46. The molecule has 3 rings (SSSR count). The molecule has 1 fully saturated rings. The molecule has 1 aliphatic carbocycles. The van der Waals surface area contributed by atoms with Crippen molar-refractivity contribution in [1.82, 2.24) is 0 Å². The Morgan fingerprint density at radius 1 is 1.22 bits per heavy atom. The second kappa shape index (κ2) is 4.30. The monoisotopic (exact) mass is 243 g/mol. The number of rotatable bonds is 1. The average molecular weight is 243 g/mol. The molecule has 3 nitrogen and oxygen atoms in total. The van der Waals surface area contributed by atoms with Gasteiger partial charge in [0.2, 0.25) is 0 Å². The van der Waals surface area contributed by atoms with E-state index in [1.54, 1.807) is 0 Å². The molecule has 1 heterocycles. The number of nitrogens with zero attached hydrogens (tertiary/aromatic N) is 2. The fourth-order valence-corrected chi connectivity index (χ4v) is 3.28.